The topological polar surface area (TPSA) is 118 Å². The highest BCUT2D eigenvalue weighted by Gasteiger charge is 2.22. The van der Waals surface area contributed by atoms with Crippen LogP contribution in [0.25, 0.3) is 27.6 Å². The van der Waals surface area contributed by atoms with Gasteiger partial charge in [-0.3, -0.25) is 10.3 Å². The molecule has 0 unspecified atom stereocenters. The van der Waals surface area contributed by atoms with Crippen molar-refractivity contribution in [2.24, 2.45) is 0 Å². The zero-order chi connectivity index (χ0) is 29.7. The van der Waals surface area contributed by atoms with E-state index in [0.29, 0.717) is 36.8 Å². The fraction of sp³-hybridized carbons (Fsp3) is 0.242. The quantitative estimate of drug-likeness (QED) is 0.191. The van der Waals surface area contributed by atoms with Crippen molar-refractivity contribution in [2.75, 3.05) is 17.2 Å². The number of nitrogens with one attached hydrogen (secondary N) is 2. The molecule has 2 N–H and O–H groups in total. The van der Waals surface area contributed by atoms with Crippen LogP contribution < -0.4 is 15.4 Å². The minimum Gasteiger partial charge on any atom is -0.478 e. The molecule has 0 radical (unpaired) electrons. The SMILES string of the molecule is Cc1ccc(-n2nc(C(C)(C)C)cc2NC(=O)Nc2ccc(-c3ccc(OCCCC#N)nc3)c3ccccc23)cn1. The van der Waals surface area contributed by atoms with Crippen LogP contribution in [-0.4, -0.2) is 32.4 Å². The second-order valence-electron chi connectivity index (χ2n) is 11.0. The van der Waals surface area contributed by atoms with Gasteiger partial charge in [-0.25, -0.2) is 14.5 Å². The lowest BCUT2D eigenvalue weighted by Gasteiger charge is -2.14. The lowest BCUT2D eigenvalue weighted by Crippen LogP contribution is -2.21. The van der Waals surface area contributed by atoms with E-state index in [9.17, 15) is 4.79 Å². The lowest BCUT2D eigenvalue weighted by molar-refractivity contribution is 0.262. The first kappa shape index (κ1) is 28.3. The third kappa shape index (κ3) is 6.39. The van der Waals surface area contributed by atoms with Crippen molar-refractivity contribution in [3.05, 3.63) is 90.5 Å². The van der Waals surface area contributed by atoms with Crippen molar-refractivity contribution < 1.29 is 9.53 Å². The minimum atomic E-state index is -0.380. The molecule has 5 rings (SSSR count). The molecule has 0 aliphatic carbocycles. The first-order valence-electron chi connectivity index (χ1n) is 13.8. The number of anilines is 2. The van der Waals surface area contributed by atoms with Crippen LogP contribution in [0.1, 0.15) is 45.0 Å². The van der Waals surface area contributed by atoms with Gasteiger partial charge >= 0.3 is 6.03 Å². The lowest BCUT2D eigenvalue weighted by atomic mass is 9.92. The summed E-state index contributed by atoms with van der Waals surface area (Å²) < 4.78 is 7.34. The number of hydrogen-bond acceptors (Lipinski definition) is 6. The summed E-state index contributed by atoms with van der Waals surface area (Å²) in [5.74, 6) is 1.07. The van der Waals surface area contributed by atoms with Crippen LogP contribution in [0, 0.1) is 18.3 Å². The largest absolute Gasteiger partial charge is 0.478 e. The van der Waals surface area contributed by atoms with E-state index in [-0.39, 0.29) is 11.4 Å². The molecule has 0 fully saturated rings. The highest BCUT2D eigenvalue weighted by atomic mass is 16.5. The molecule has 0 atom stereocenters. The number of aromatic nitrogens is 4. The molecule has 9 heteroatoms. The molecule has 0 bridgehead atoms. The Labute approximate surface area is 245 Å². The summed E-state index contributed by atoms with van der Waals surface area (Å²) in [6, 6.07) is 23.0. The van der Waals surface area contributed by atoms with Crippen molar-refractivity contribution in [3.63, 3.8) is 0 Å². The number of pyridine rings is 2. The van der Waals surface area contributed by atoms with Crippen molar-refractivity contribution in [3.8, 4) is 28.8 Å². The molecular formula is C33H33N7O2. The second kappa shape index (κ2) is 12.1. The number of aryl methyl sites for hydroxylation is 1. The Balaban J connectivity index is 1.38. The molecule has 0 spiro atoms. The van der Waals surface area contributed by atoms with Crippen LogP contribution in [0.15, 0.2) is 79.1 Å². The molecule has 0 aliphatic rings. The van der Waals surface area contributed by atoms with E-state index in [1.807, 2.05) is 73.7 Å². The monoisotopic (exact) mass is 559 g/mol. The molecule has 0 aliphatic heterocycles. The molecule has 9 nitrogen and oxygen atoms in total. The molecule has 42 heavy (non-hydrogen) atoms. The van der Waals surface area contributed by atoms with Gasteiger partial charge in [0, 0.05) is 46.8 Å². The van der Waals surface area contributed by atoms with Crippen molar-refractivity contribution in [2.45, 2.75) is 46.0 Å². The zero-order valence-electron chi connectivity index (χ0n) is 24.2. The highest BCUT2D eigenvalue weighted by Crippen LogP contribution is 2.34. The van der Waals surface area contributed by atoms with E-state index in [1.165, 1.54) is 0 Å². The Kier molecular flexibility index (Phi) is 8.16. The van der Waals surface area contributed by atoms with Crippen molar-refractivity contribution in [1.82, 2.24) is 19.7 Å². The minimum absolute atomic E-state index is 0.209. The number of rotatable bonds is 8. The van der Waals surface area contributed by atoms with Gasteiger partial charge in [0.15, 0.2) is 0 Å². The summed E-state index contributed by atoms with van der Waals surface area (Å²) in [4.78, 5) is 22.2. The third-order valence-electron chi connectivity index (χ3n) is 6.76. The van der Waals surface area contributed by atoms with E-state index in [4.69, 9.17) is 15.1 Å². The maximum atomic E-state index is 13.3. The number of hydrogen-bond donors (Lipinski definition) is 2. The molecule has 3 heterocycles. The fourth-order valence-corrected chi connectivity index (χ4v) is 4.50. The summed E-state index contributed by atoms with van der Waals surface area (Å²) in [6.07, 6.45) is 4.63. The fourth-order valence-electron chi connectivity index (χ4n) is 4.50. The van der Waals surface area contributed by atoms with Crippen LogP contribution in [0.4, 0.5) is 16.3 Å². The van der Waals surface area contributed by atoms with Gasteiger partial charge in [0.25, 0.3) is 0 Å². The summed E-state index contributed by atoms with van der Waals surface area (Å²) in [7, 11) is 0. The van der Waals surface area contributed by atoms with E-state index >= 15 is 0 Å². The Morgan fingerprint density at radius 1 is 0.976 bits per heavy atom. The number of ether oxygens (including phenoxy) is 1. The first-order valence-corrected chi connectivity index (χ1v) is 13.8. The van der Waals surface area contributed by atoms with Gasteiger partial charge in [0.1, 0.15) is 5.82 Å². The average Bonchev–Trinajstić information content (AvgIpc) is 3.40. The van der Waals surface area contributed by atoms with E-state index < -0.39 is 0 Å². The smallest absolute Gasteiger partial charge is 0.324 e. The van der Waals surface area contributed by atoms with Gasteiger partial charge in [-0.1, -0.05) is 51.1 Å². The van der Waals surface area contributed by atoms with Gasteiger partial charge in [0.2, 0.25) is 5.88 Å². The van der Waals surface area contributed by atoms with Gasteiger partial charge in [0.05, 0.1) is 35.9 Å². The first-order chi connectivity index (χ1) is 20.2. The number of carbonyl (C=O) groups excluding carboxylic acids is 1. The van der Waals surface area contributed by atoms with Crippen LogP contribution in [0.2, 0.25) is 0 Å². The molecule has 0 saturated carbocycles. The number of carbonyl (C=O) groups is 1. The van der Waals surface area contributed by atoms with Crippen molar-refractivity contribution in [1.29, 1.82) is 5.26 Å². The highest BCUT2D eigenvalue weighted by molar-refractivity contribution is 6.09. The van der Waals surface area contributed by atoms with Gasteiger partial charge in [-0.05, 0) is 48.6 Å². The number of benzene rings is 2. The van der Waals surface area contributed by atoms with Crippen molar-refractivity contribution >= 4 is 28.3 Å². The molecule has 0 saturated heterocycles. The Hall–Kier alpha value is -5.23. The zero-order valence-corrected chi connectivity index (χ0v) is 24.2. The van der Waals surface area contributed by atoms with Gasteiger partial charge < -0.3 is 10.1 Å². The summed E-state index contributed by atoms with van der Waals surface area (Å²) in [5, 5.41) is 21.3. The van der Waals surface area contributed by atoms with E-state index in [2.05, 4.69) is 47.4 Å². The second-order valence-corrected chi connectivity index (χ2v) is 11.0. The van der Waals surface area contributed by atoms with Gasteiger partial charge in [-0.15, -0.1) is 0 Å². The predicted octanol–water partition coefficient (Wildman–Crippen LogP) is 7.42. The molecule has 2 amide bonds. The van der Waals surface area contributed by atoms with Gasteiger partial charge in [-0.2, -0.15) is 10.4 Å². The predicted molar refractivity (Wildman–Crippen MR) is 165 cm³/mol. The molecule has 2 aromatic carbocycles. The summed E-state index contributed by atoms with van der Waals surface area (Å²) in [6.45, 7) is 8.62. The van der Waals surface area contributed by atoms with Crippen LogP contribution >= 0.6 is 0 Å². The number of nitrogens with zero attached hydrogens (tertiary/aromatic N) is 5. The number of fused-ring (bicyclic) bond motifs is 1. The maximum absolute atomic E-state index is 13.3. The number of unbranched alkanes of at least 4 members (excludes halogenated alkanes) is 1. The Morgan fingerprint density at radius 2 is 1.79 bits per heavy atom. The van der Waals surface area contributed by atoms with Crippen LogP contribution in [0.5, 0.6) is 5.88 Å². The van der Waals surface area contributed by atoms with Crippen LogP contribution in [0.3, 0.4) is 0 Å². The maximum Gasteiger partial charge on any atom is 0.324 e. The molecular weight excluding hydrogens is 526 g/mol. The average molecular weight is 560 g/mol. The number of amides is 2. The molecule has 3 aromatic heterocycles. The summed E-state index contributed by atoms with van der Waals surface area (Å²) >= 11 is 0. The van der Waals surface area contributed by atoms with E-state index in [1.54, 1.807) is 17.1 Å². The molecule has 212 valence electrons. The Morgan fingerprint density at radius 3 is 2.48 bits per heavy atom. The van der Waals surface area contributed by atoms with Crippen LogP contribution in [-0.2, 0) is 5.41 Å². The van der Waals surface area contributed by atoms with E-state index in [0.717, 1.165) is 39.0 Å². The Bertz CT molecular complexity index is 1750. The standard InChI is InChI=1S/C33H33N7O2/c1-22-11-13-24(21-35-22)40-30(19-29(39-40)33(2,3)4)38-32(41)37-28-15-14-25(26-9-5-6-10-27(26)28)23-12-16-31(36-20-23)42-18-8-7-17-34/h5-6,9-16,19-21H,7-8,18H2,1-4H3,(H2,37,38,41). The number of urea groups is 1. The molecule has 5 aromatic rings. The third-order valence-corrected chi connectivity index (χ3v) is 6.76. The summed E-state index contributed by atoms with van der Waals surface area (Å²) in [5.41, 5.74) is 4.89. The number of nitriles is 1. The normalized spacial score (nSPS) is 11.2.